The van der Waals surface area contributed by atoms with Crippen molar-refractivity contribution in [1.29, 1.82) is 0 Å². The molecule has 0 aromatic carbocycles. The van der Waals surface area contributed by atoms with Gasteiger partial charge in [0, 0.05) is 38.3 Å². The van der Waals surface area contributed by atoms with Crippen LogP contribution in [0, 0.1) is 0 Å². The Morgan fingerprint density at radius 1 is 1.63 bits per heavy atom. The molecule has 2 rings (SSSR count). The van der Waals surface area contributed by atoms with Gasteiger partial charge >= 0.3 is 0 Å². The molecule has 1 amide bonds. The number of carbonyl (C=O) groups excluding carboxylic acids is 1. The molecule has 1 aromatic heterocycles. The van der Waals surface area contributed by atoms with Crippen molar-refractivity contribution in [3.8, 4) is 0 Å². The van der Waals surface area contributed by atoms with Gasteiger partial charge in [-0.2, -0.15) is 0 Å². The topological polar surface area (TPSA) is 69.8 Å². The molecule has 0 radical (unpaired) electrons. The number of hydrogen-bond acceptors (Lipinski definition) is 5. The van der Waals surface area contributed by atoms with Crippen molar-refractivity contribution in [2.45, 2.75) is 32.4 Å². The van der Waals surface area contributed by atoms with Crippen molar-refractivity contribution >= 4 is 5.91 Å². The van der Waals surface area contributed by atoms with E-state index in [1.54, 1.807) is 13.0 Å². The molecule has 0 aliphatic carbocycles. The molecule has 6 nitrogen and oxygen atoms in total. The second-order valence-electron chi connectivity index (χ2n) is 5.04. The van der Waals surface area contributed by atoms with E-state index in [1.165, 1.54) is 6.26 Å². The summed E-state index contributed by atoms with van der Waals surface area (Å²) in [7, 11) is 0. The van der Waals surface area contributed by atoms with Gasteiger partial charge < -0.3 is 14.5 Å². The molecular formula is C13H21N3O3. The molecule has 2 atom stereocenters. The van der Waals surface area contributed by atoms with Crippen LogP contribution in [0.15, 0.2) is 16.9 Å². The predicted octanol–water partition coefficient (Wildman–Crippen LogP) is 0.592. The van der Waals surface area contributed by atoms with Crippen LogP contribution in [0.1, 0.15) is 30.8 Å². The molecule has 1 fully saturated rings. The summed E-state index contributed by atoms with van der Waals surface area (Å²) < 4.78 is 4.71. The zero-order valence-electron chi connectivity index (χ0n) is 11.5. The average molecular weight is 267 g/mol. The number of hydrogen-bond donors (Lipinski definition) is 1. The largest absolute Gasteiger partial charge is 0.392 e. The van der Waals surface area contributed by atoms with E-state index in [-0.39, 0.29) is 12.0 Å². The number of nitrogens with zero attached hydrogens (tertiary/aromatic N) is 3. The summed E-state index contributed by atoms with van der Waals surface area (Å²) in [6.07, 6.45) is 2.02. The fourth-order valence-corrected chi connectivity index (χ4v) is 2.53. The molecule has 6 heteroatoms. The molecule has 1 aliphatic heterocycles. The standard InChI is InChI=1S/C13H21N3O3/c1-3-11-9-16(6-5-15(11)8-10(2)17)13(18)12-4-7-19-14-12/h4,7,10-11,17H,3,5-6,8-9H2,1-2H3. The van der Waals surface area contributed by atoms with Gasteiger partial charge in [-0.15, -0.1) is 0 Å². The van der Waals surface area contributed by atoms with Gasteiger partial charge in [-0.25, -0.2) is 0 Å². The summed E-state index contributed by atoms with van der Waals surface area (Å²) in [5, 5.41) is 13.2. The van der Waals surface area contributed by atoms with Crippen LogP contribution in [-0.2, 0) is 0 Å². The molecule has 106 valence electrons. The van der Waals surface area contributed by atoms with Crippen molar-refractivity contribution in [3.63, 3.8) is 0 Å². The fraction of sp³-hybridized carbons (Fsp3) is 0.692. The predicted molar refractivity (Wildman–Crippen MR) is 69.7 cm³/mol. The van der Waals surface area contributed by atoms with Gasteiger partial charge in [-0.1, -0.05) is 12.1 Å². The molecule has 1 saturated heterocycles. The lowest BCUT2D eigenvalue weighted by molar-refractivity contribution is 0.0304. The maximum Gasteiger partial charge on any atom is 0.276 e. The van der Waals surface area contributed by atoms with Gasteiger partial charge in [0.05, 0.1) is 6.10 Å². The fourth-order valence-electron chi connectivity index (χ4n) is 2.53. The Morgan fingerprint density at radius 3 is 3.00 bits per heavy atom. The third-order valence-electron chi connectivity index (χ3n) is 3.52. The Morgan fingerprint density at radius 2 is 2.42 bits per heavy atom. The minimum absolute atomic E-state index is 0.0797. The van der Waals surface area contributed by atoms with Crippen LogP contribution >= 0.6 is 0 Å². The summed E-state index contributed by atoms with van der Waals surface area (Å²) in [5.41, 5.74) is 0.360. The first kappa shape index (κ1) is 14.0. The number of β-amino-alcohol motifs (C(OH)–C–C–N with tert-alkyl or cyclic N) is 1. The van der Waals surface area contributed by atoms with E-state index in [4.69, 9.17) is 4.52 Å². The molecule has 1 aliphatic rings. The summed E-state index contributed by atoms with van der Waals surface area (Å²) in [6.45, 7) is 6.67. The number of rotatable bonds is 4. The van der Waals surface area contributed by atoms with Gasteiger partial charge in [0.1, 0.15) is 6.26 Å². The number of aliphatic hydroxyl groups excluding tert-OH is 1. The van der Waals surface area contributed by atoms with E-state index in [0.717, 1.165) is 13.0 Å². The van der Waals surface area contributed by atoms with Gasteiger partial charge in [0.2, 0.25) is 0 Å². The van der Waals surface area contributed by atoms with Crippen LogP contribution < -0.4 is 0 Å². The van der Waals surface area contributed by atoms with Crippen LogP contribution in [0.5, 0.6) is 0 Å². The summed E-state index contributed by atoms with van der Waals surface area (Å²) in [5.74, 6) is -0.0797. The first-order valence-corrected chi connectivity index (χ1v) is 6.73. The molecule has 1 aromatic rings. The number of carbonyl (C=O) groups is 1. The second kappa shape index (κ2) is 6.16. The summed E-state index contributed by atoms with van der Waals surface area (Å²) >= 11 is 0. The molecule has 2 unspecified atom stereocenters. The Kier molecular flexibility index (Phi) is 4.55. The van der Waals surface area contributed by atoms with E-state index in [1.807, 2.05) is 4.90 Å². The van der Waals surface area contributed by atoms with Crippen molar-refractivity contribution < 1.29 is 14.4 Å². The molecule has 19 heavy (non-hydrogen) atoms. The van der Waals surface area contributed by atoms with Crippen molar-refractivity contribution in [1.82, 2.24) is 15.0 Å². The highest BCUT2D eigenvalue weighted by atomic mass is 16.5. The molecular weight excluding hydrogens is 246 g/mol. The highest BCUT2D eigenvalue weighted by Gasteiger charge is 2.30. The number of amides is 1. The van der Waals surface area contributed by atoms with E-state index >= 15 is 0 Å². The van der Waals surface area contributed by atoms with Crippen LogP contribution in [0.3, 0.4) is 0 Å². The van der Waals surface area contributed by atoms with Gasteiger partial charge in [-0.05, 0) is 13.3 Å². The van der Waals surface area contributed by atoms with Crippen LogP contribution in [0.2, 0.25) is 0 Å². The second-order valence-corrected chi connectivity index (χ2v) is 5.04. The Balaban J connectivity index is 1.98. The lowest BCUT2D eigenvalue weighted by Crippen LogP contribution is -2.55. The molecule has 0 bridgehead atoms. The molecule has 1 N–H and O–H groups in total. The van der Waals surface area contributed by atoms with E-state index in [0.29, 0.717) is 31.4 Å². The van der Waals surface area contributed by atoms with Crippen LogP contribution in [0.25, 0.3) is 0 Å². The Labute approximate surface area is 113 Å². The minimum Gasteiger partial charge on any atom is -0.392 e. The highest BCUT2D eigenvalue weighted by Crippen LogP contribution is 2.15. The van der Waals surface area contributed by atoms with Crippen LogP contribution in [0.4, 0.5) is 0 Å². The van der Waals surface area contributed by atoms with Gasteiger partial charge in [-0.3, -0.25) is 9.69 Å². The average Bonchev–Trinajstić information content (AvgIpc) is 2.91. The lowest BCUT2D eigenvalue weighted by atomic mass is 10.1. The maximum absolute atomic E-state index is 12.2. The molecule has 0 spiro atoms. The minimum atomic E-state index is -0.341. The highest BCUT2D eigenvalue weighted by molar-refractivity contribution is 5.92. The van der Waals surface area contributed by atoms with E-state index in [2.05, 4.69) is 17.0 Å². The zero-order valence-corrected chi connectivity index (χ0v) is 11.5. The number of aliphatic hydroxyl groups is 1. The molecule has 0 saturated carbocycles. The quantitative estimate of drug-likeness (QED) is 0.864. The first-order valence-electron chi connectivity index (χ1n) is 6.73. The number of aromatic nitrogens is 1. The Hall–Kier alpha value is -1.40. The maximum atomic E-state index is 12.2. The Bertz CT molecular complexity index is 405. The SMILES string of the molecule is CCC1CN(C(=O)c2ccon2)CCN1CC(C)O. The van der Waals surface area contributed by atoms with Crippen molar-refractivity contribution in [2.24, 2.45) is 0 Å². The zero-order chi connectivity index (χ0) is 13.8. The monoisotopic (exact) mass is 267 g/mol. The first-order chi connectivity index (χ1) is 9.11. The van der Waals surface area contributed by atoms with Gasteiger partial charge in [0.25, 0.3) is 5.91 Å². The number of piperazine rings is 1. The van der Waals surface area contributed by atoms with Crippen LogP contribution in [-0.4, -0.2) is 64.3 Å². The normalized spacial score (nSPS) is 22.5. The smallest absolute Gasteiger partial charge is 0.276 e. The molecule has 2 heterocycles. The third kappa shape index (κ3) is 3.33. The van der Waals surface area contributed by atoms with Crippen molar-refractivity contribution in [3.05, 3.63) is 18.0 Å². The van der Waals surface area contributed by atoms with Crippen molar-refractivity contribution in [2.75, 3.05) is 26.2 Å². The summed E-state index contributed by atoms with van der Waals surface area (Å²) in [4.78, 5) is 16.2. The van der Waals surface area contributed by atoms with Gasteiger partial charge in [0.15, 0.2) is 5.69 Å². The lowest BCUT2D eigenvalue weighted by Gasteiger charge is -2.41. The third-order valence-corrected chi connectivity index (χ3v) is 3.52. The summed E-state index contributed by atoms with van der Waals surface area (Å²) in [6, 6.07) is 1.88. The van der Waals surface area contributed by atoms with E-state index in [9.17, 15) is 9.90 Å². The van der Waals surface area contributed by atoms with E-state index < -0.39 is 0 Å².